The number of nitrogens with one attached hydrogen (secondary N) is 3. The van der Waals surface area contributed by atoms with Gasteiger partial charge in [0.25, 0.3) is 5.91 Å². The van der Waals surface area contributed by atoms with Gasteiger partial charge in [0.15, 0.2) is 0 Å². The van der Waals surface area contributed by atoms with Gasteiger partial charge in [-0.1, -0.05) is 24.3 Å². The number of rotatable bonds is 0. The number of fused-ring (bicyclic) bond motifs is 1. The molecular weight excluding hydrogens is 330 g/mol. The van der Waals surface area contributed by atoms with E-state index in [4.69, 9.17) is 4.74 Å². The van der Waals surface area contributed by atoms with Crippen LogP contribution in [0.15, 0.2) is 36.4 Å². The van der Waals surface area contributed by atoms with E-state index in [-0.39, 0.29) is 17.9 Å². The molecule has 26 heavy (non-hydrogen) atoms. The van der Waals surface area contributed by atoms with E-state index in [2.05, 4.69) is 16.0 Å². The summed E-state index contributed by atoms with van der Waals surface area (Å²) in [5, 5.41) is 9.31. The second-order valence-electron chi connectivity index (χ2n) is 7.13. The summed E-state index contributed by atoms with van der Waals surface area (Å²) in [6.45, 7) is 4.28. The lowest BCUT2D eigenvalue weighted by atomic mass is 9.76. The molecule has 6 heteroatoms. The van der Waals surface area contributed by atoms with Gasteiger partial charge >= 0.3 is 0 Å². The van der Waals surface area contributed by atoms with E-state index in [0.29, 0.717) is 37.4 Å². The predicted molar refractivity (Wildman–Crippen MR) is 100 cm³/mol. The molecular formula is C20H27N3O3. The lowest BCUT2D eigenvalue weighted by molar-refractivity contribution is -0.132. The largest absolute Gasteiger partial charge is 0.489 e. The summed E-state index contributed by atoms with van der Waals surface area (Å²) in [4.78, 5) is 25.4. The van der Waals surface area contributed by atoms with Gasteiger partial charge in [0.2, 0.25) is 5.91 Å². The van der Waals surface area contributed by atoms with E-state index in [9.17, 15) is 9.59 Å². The summed E-state index contributed by atoms with van der Waals surface area (Å²) in [5.74, 6) is 0.420. The van der Waals surface area contributed by atoms with Gasteiger partial charge in [0.05, 0.1) is 11.0 Å². The Kier molecular flexibility index (Phi) is 5.93. The molecule has 1 saturated heterocycles. The molecule has 1 aromatic rings. The Morgan fingerprint density at radius 3 is 2.85 bits per heavy atom. The van der Waals surface area contributed by atoms with Crippen LogP contribution in [-0.2, 0) is 4.79 Å². The van der Waals surface area contributed by atoms with Crippen LogP contribution in [0.4, 0.5) is 0 Å². The fraction of sp³-hybridized carbons (Fsp3) is 0.500. The average Bonchev–Trinajstić information content (AvgIpc) is 2.66. The highest BCUT2D eigenvalue weighted by Gasteiger charge is 2.38. The van der Waals surface area contributed by atoms with Crippen LogP contribution >= 0.6 is 0 Å². The number of allylic oxidation sites excluding steroid dienone is 1. The van der Waals surface area contributed by atoms with Gasteiger partial charge in [-0.2, -0.15) is 0 Å². The van der Waals surface area contributed by atoms with E-state index < -0.39 is 5.41 Å². The summed E-state index contributed by atoms with van der Waals surface area (Å²) >= 11 is 0. The van der Waals surface area contributed by atoms with Crippen molar-refractivity contribution in [1.82, 2.24) is 16.0 Å². The van der Waals surface area contributed by atoms with Gasteiger partial charge in [-0.05, 0) is 44.9 Å². The number of carbonyl (C=O) groups is 2. The molecule has 2 heterocycles. The second kappa shape index (κ2) is 8.36. The Balaban J connectivity index is 1.81. The van der Waals surface area contributed by atoms with E-state index in [1.54, 1.807) is 12.1 Å². The second-order valence-corrected chi connectivity index (χ2v) is 7.13. The number of hydrogen-bond donors (Lipinski definition) is 3. The van der Waals surface area contributed by atoms with Crippen molar-refractivity contribution < 1.29 is 14.3 Å². The zero-order valence-electron chi connectivity index (χ0n) is 15.2. The zero-order chi connectivity index (χ0) is 18.4. The first-order valence-electron chi connectivity index (χ1n) is 9.27. The smallest absolute Gasteiger partial charge is 0.255 e. The average molecular weight is 357 g/mol. The lowest BCUT2D eigenvalue weighted by Gasteiger charge is -2.36. The normalized spacial score (nSPS) is 28.9. The standard InChI is InChI=1S/C20H27N3O3/c1-15-13-22-19(25)20(10-6-11-21-14-20)9-4-5-12-26-17-8-3-2-7-16(17)18(24)23-15/h2-5,7-8,15,21H,6,9-14H2,1H3,(H,22,25)(H,23,24)/b5-4+/t15-,20-/m0/s1. The molecule has 140 valence electrons. The van der Waals surface area contributed by atoms with Crippen molar-refractivity contribution in [2.45, 2.75) is 32.2 Å². The Morgan fingerprint density at radius 1 is 1.19 bits per heavy atom. The Morgan fingerprint density at radius 2 is 2.04 bits per heavy atom. The number of benzene rings is 1. The molecule has 0 saturated carbocycles. The number of carbonyl (C=O) groups excluding carboxylic acids is 2. The molecule has 0 aromatic heterocycles. The molecule has 0 aliphatic carbocycles. The van der Waals surface area contributed by atoms with Crippen molar-refractivity contribution in [2.75, 3.05) is 26.2 Å². The Hall–Kier alpha value is -2.34. The van der Waals surface area contributed by atoms with Gasteiger partial charge in [-0.25, -0.2) is 0 Å². The maximum absolute atomic E-state index is 12.9. The van der Waals surface area contributed by atoms with Crippen molar-refractivity contribution >= 4 is 11.8 Å². The molecule has 0 radical (unpaired) electrons. The third kappa shape index (κ3) is 4.25. The van der Waals surface area contributed by atoms with Crippen LogP contribution in [-0.4, -0.2) is 44.1 Å². The van der Waals surface area contributed by atoms with Gasteiger partial charge < -0.3 is 20.7 Å². The Bertz CT molecular complexity index is 681. The topological polar surface area (TPSA) is 79.5 Å². The highest BCUT2D eigenvalue weighted by atomic mass is 16.5. The highest BCUT2D eigenvalue weighted by Crippen LogP contribution is 2.31. The molecule has 1 fully saturated rings. The molecule has 6 nitrogen and oxygen atoms in total. The summed E-state index contributed by atoms with van der Waals surface area (Å²) in [6, 6.07) is 7.03. The monoisotopic (exact) mass is 357 g/mol. The summed E-state index contributed by atoms with van der Waals surface area (Å²) < 4.78 is 5.78. The maximum Gasteiger partial charge on any atom is 0.255 e. The quantitative estimate of drug-likeness (QED) is 0.617. The molecule has 1 spiro atoms. The first-order chi connectivity index (χ1) is 12.6. The number of para-hydroxylation sites is 1. The van der Waals surface area contributed by atoms with Crippen molar-refractivity contribution in [2.24, 2.45) is 5.41 Å². The first kappa shape index (κ1) is 18.5. The summed E-state index contributed by atoms with van der Waals surface area (Å²) in [6.07, 6.45) is 6.47. The SMILES string of the molecule is C[C@H]1CNC(=O)[C@@]2(C/C=C/COc3ccccc3C(=O)N1)CCCNC2. The van der Waals surface area contributed by atoms with Crippen LogP contribution in [0.2, 0.25) is 0 Å². The van der Waals surface area contributed by atoms with Crippen molar-refractivity contribution in [3.63, 3.8) is 0 Å². The Labute approximate surface area is 154 Å². The lowest BCUT2D eigenvalue weighted by Crippen LogP contribution is -2.52. The molecule has 2 amide bonds. The molecule has 3 N–H and O–H groups in total. The van der Waals surface area contributed by atoms with Crippen LogP contribution in [0, 0.1) is 5.41 Å². The van der Waals surface area contributed by atoms with E-state index in [1.165, 1.54) is 0 Å². The number of amides is 2. The third-order valence-corrected chi connectivity index (χ3v) is 5.04. The van der Waals surface area contributed by atoms with Crippen molar-refractivity contribution in [1.29, 1.82) is 0 Å². The molecule has 2 atom stereocenters. The molecule has 0 unspecified atom stereocenters. The maximum atomic E-state index is 12.9. The molecule has 2 aliphatic heterocycles. The zero-order valence-corrected chi connectivity index (χ0v) is 15.2. The van der Waals surface area contributed by atoms with Crippen LogP contribution in [0.25, 0.3) is 0 Å². The van der Waals surface area contributed by atoms with Crippen LogP contribution in [0.5, 0.6) is 5.75 Å². The van der Waals surface area contributed by atoms with E-state index in [0.717, 1.165) is 19.4 Å². The molecule has 2 aliphatic rings. The minimum absolute atomic E-state index is 0.0498. The predicted octanol–water partition coefficient (Wildman–Crippen LogP) is 1.63. The van der Waals surface area contributed by atoms with Crippen molar-refractivity contribution in [3.05, 3.63) is 42.0 Å². The van der Waals surface area contributed by atoms with Crippen LogP contribution in [0.1, 0.15) is 36.5 Å². The molecule has 1 aromatic carbocycles. The number of piperidine rings is 1. The number of ether oxygens (including phenoxy) is 1. The van der Waals surface area contributed by atoms with Gasteiger partial charge in [0.1, 0.15) is 12.4 Å². The minimum atomic E-state index is -0.430. The summed E-state index contributed by atoms with van der Waals surface area (Å²) in [5.41, 5.74) is 0.0737. The third-order valence-electron chi connectivity index (χ3n) is 5.04. The van der Waals surface area contributed by atoms with E-state index >= 15 is 0 Å². The fourth-order valence-electron chi connectivity index (χ4n) is 3.51. The highest BCUT2D eigenvalue weighted by molar-refractivity contribution is 5.97. The first-order valence-corrected chi connectivity index (χ1v) is 9.27. The van der Waals surface area contributed by atoms with Gasteiger partial charge in [-0.3, -0.25) is 9.59 Å². The molecule has 0 bridgehead atoms. The van der Waals surface area contributed by atoms with Gasteiger partial charge in [0, 0.05) is 19.1 Å². The van der Waals surface area contributed by atoms with Crippen molar-refractivity contribution in [3.8, 4) is 5.75 Å². The number of hydrogen-bond acceptors (Lipinski definition) is 4. The minimum Gasteiger partial charge on any atom is -0.489 e. The summed E-state index contributed by atoms with van der Waals surface area (Å²) in [7, 11) is 0. The van der Waals surface area contributed by atoms with Crippen LogP contribution in [0.3, 0.4) is 0 Å². The molecule has 3 rings (SSSR count). The fourth-order valence-corrected chi connectivity index (χ4v) is 3.51. The van der Waals surface area contributed by atoms with Crippen LogP contribution < -0.4 is 20.7 Å². The van der Waals surface area contributed by atoms with Gasteiger partial charge in [-0.15, -0.1) is 0 Å². The van der Waals surface area contributed by atoms with E-state index in [1.807, 2.05) is 31.2 Å².